The third kappa shape index (κ3) is 4.89. The molecule has 2 aromatic rings. The number of hydrogen-bond donors (Lipinski definition) is 1. The Labute approximate surface area is 179 Å². The van der Waals surface area contributed by atoms with Crippen molar-refractivity contribution in [1.82, 2.24) is 20.3 Å². The van der Waals surface area contributed by atoms with Crippen molar-refractivity contribution in [2.45, 2.75) is 45.1 Å². The molecule has 1 aromatic heterocycles. The lowest BCUT2D eigenvalue weighted by Crippen LogP contribution is -2.47. The average molecular weight is 414 g/mol. The summed E-state index contributed by atoms with van der Waals surface area (Å²) in [5, 5.41) is 8.31. The quantitative estimate of drug-likeness (QED) is 0.813. The van der Waals surface area contributed by atoms with Gasteiger partial charge in [0, 0.05) is 63.5 Å². The standard InChI is InChI=1S/C23H35N5O2/c1-17-21-9-8-20(16-22(21)30-25-17)28-14-12-27(13-15-28)11-10-18-4-6-19(7-5-18)24-23(29)26(2)3/h8-9,16,18-19H,4-7,10-15H2,1-3H3,(H,24,29). The van der Waals surface area contributed by atoms with Gasteiger partial charge >= 0.3 is 6.03 Å². The molecule has 30 heavy (non-hydrogen) atoms. The number of piperazine rings is 1. The second-order valence-electron chi connectivity index (χ2n) is 9.13. The van der Waals surface area contributed by atoms with E-state index in [9.17, 15) is 4.79 Å². The average Bonchev–Trinajstić information content (AvgIpc) is 3.13. The molecule has 7 nitrogen and oxygen atoms in total. The maximum atomic E-state index is 11.8. The van der Waals surface area contributed by atoms with E-state index in [0.29, 0.717) is 6.04 Å². The van der Waals surface area contributed by atoms with Crippen LogP contribution >= 0.6 is 0 Å². The molecule has 1 saturated carbocycles. The number of fused-ring (bicyclic) bond motifs is 1. The molecule has 2 fully saturated rings. The topological polar surface area (TPSA) is 64.9 Å². The Morgan fingerprint density at radius 1 is 1.17 bits per heavy atom. The van der Waals surface area contributed by atoms with E-state index in [1.807, 2.05) is 6.92 Å². The first-order chi connectivity index (χ1) is 14.5. The monoisotopic (exact) mass is 413 g/mol. The van der Waals surface area contributed by atoms with Gasteiger partial charge in [0.05, 0.1) is 5.69 Å². The lowest BCUT2D eigenvalue weighted by Gasteiger charge is -2.37. The number of hydrogen-bond acceptors (Lipinski definition) is 5. The number of amides is 2. The minimum absolute atomic E-state index is 0.0360. The van der Waals surface area contributed by atoms with Crippen LogP contribution in [0.2, 0.25) is 0 Å². The van der Waals surface area contributed by atoms with Gasteiger partial charge in [-0.1, -0.05) is 5.16 Å². The van der Waals surface area contributed by atoms with Crippen LogP contribution in [0.3, 0.4) is 0 Å². The lowest BCUT2D eigenvalue weighted by molar-refractivity contribution is 0.194. The van der Waals surface area contributed by atoms with Crippen LogP contribution < -0.4 is 10.2 Å². The van der Waals surface area contributed by atoms with Gasteiger partial charge in [-0.25, -0.2) is 4.79 Å². The van der Waals surface area contributed by atoms with Crippen molar-refractivity contribution >= 4 is 22.7 Å². The molecule has 7 heteroatoms. The van der Waals surface area contributed by atoms with Crippen LogP contribution in [-0.2, 0) is 0 Å². The van der Waals surface area contributed by atoms with Crippen LogP contribution in [0.5, 0.6) is 0 Å². The van der Waals surface area contributed by atoms with E-state index in [4.69, 9.17) is 4.52 Å². The van der Waals surface area contributed by atoms with Gasteiger partial charge in [-0.05, 0) is 63.6 Å². The molecule has 0 unspecified atom stereocenters. The highest BCUT2D eigenvalue weighted by Crippen LogP contribution is 2.28. The molecular formula is C23H35N5O2. The number of carbonyl (C=O) groups excluding carboxylic acids is 1. The fourth-order valence-corrected chi connectivity index (χ4v) is 4.74. The number of nitrogens with one attached hydrogen (secondary N) is 1. The van der Waals surface area contributed by atoms with E-state index in [0.717, 1.165) is 61.6 Å². The van der Waals surface area contributed by atoms with Crippen LogP contribution in [0.1, 0.15) is 37.8 Å². The Bertz CT molecular complexity index is 848. The van der Waals surface area contributed by atoms with Crippen LogP contribution in [-0.4, -0.2) is 73.8 Å². The third-order valence-electron chi connectivity index (χ3n) is 6.81. The van der Waals surface area contributed by atoms with Crippen LogP contribution in [0, 0.1) is 12.8 Å². The Morgan fingerprint density at radius 3 is 2.60 bits per heavy atom. The first kappa shape index (κ1) is 21.0. The van der Waals surface area contributed by atoms with Crippen molar-refractivity contribution in [3.05, 3.63) is 23.9 Å². The predicted octanol–water partition coefficient (Wildman–Crippen LogP) is 3.48. The summed E-state index contributed by atoms with van der Waals surface area (Å²) in [7, 11) is 3.60. The molecule has 1 N–H and O–H groups in total. The molecule has 164 valence electrons. The molecule has 0 spiro atoms. The van der Waals surface area contributed by atoms with Gasteiger partial charge in [0.15, 0.2) is 5.58 Å². The SMILES string of the molecule is Cc1noc2cc(N3CCN(CCC4CCC(NC(=O)N(C)C)CC4)CC3)ccc12. The zero-order chi connectivity index (χ0) is 21.1. The van der Waals surface area contributed by atoms with Crippen LogP contribution in [0.4, 0.5) is 10.5 Å². The lowest BCUT2D eigenvalue weighted by atomic mass is 9.84. The number of urea groups is 1. The first-order valence-electron chi connectivity index (χ1n) is 11.3. The Morgan fingerprint density at radius 2 is 1.90 bits per heavy atom. The normalized spacial score (nSPS) is 23.0. The molecule has 1 aliphatic carbocycles. The van der Waals surface area contributed by atoms with Gasteiger partial charge in [0.2, 0.25) is 0 Å². The number of benzene rings is 1. The molecule has 0 bridgehead atoms. The van der Waals surface area contributed by atoms with Gasteiger partial charge < -0.3 is 19.6 Å². The molecule has 1 saturated heterocycles. The molecular weight excluding hydrogens is 378 g/mol. The van der Waals surface area contributed by atoms with Gasteiger partial charge in [0.25, 0.3) is 0 Å². The van der Waals surface area contributed by atoms with Gasteiger partial charge in [-0.3, -0.25) is 4.90 Å². The van der Waals surface area contributed by atoms with Gasteiger partial charge in [-0.2, -0.15) is 0 Å². The zero-order valence-electron chi connectivity index (χ0n) is 18.6. The maximum absolute atomic E-state index is 11.8. The summed E-state index contributed by atoms with van der Waals surface area (Å²) in [5.41, 5.74) is 3.07. The fraction of sp³-hybridized carbons (Fsp3) is 0.652. The van der Waals surface area contributed by atoms with Gasteiger partial charge in [-0.15, -0.1) is 0 Å². The molecule has 2 amide bonds. The van der Waals surface area contributed by atoms with Crippen LogP contribution in [0.15, 0.2) is 22.7 Å². The summed E-state index contributed by atoms with van der Waals surface area (Å²) in [4.78, 5) is 18.5. The summed E-state index contributed by atoms with van der Waals surface area (Å²) in [6.07, 6.45) is 5.96. The summed E-state index contributed by atoms with van der Waals surface area (Å²) in [6, 6.07) is 6.83. The highest BCUT2D eigenvalue weighted by Gasteiger charge is 2.24. The number of aromatic nitrogens is 1. The second kappa shape index (κ2) is 9.25. The van der Waals surface area contributed by atoms with E-state index < -0.39 is 0 Å². The van der Waals surface area contributed by atoms with Crippen molar-refractivity contribution in [1.29, 1.82) is 0 Å². The number of anilines is 1. The summed E-state index contributed by atoms with van der Waals surface area (Å²) < 4.78 is 5.43. The van der Waals surface area contributed by atoms with Crippen molar-refractivity contribution in [3.8, 4) is 0 Å². The Kier molecular flexibility index (Phi) is 6.46. The van der Waals surface area contributed by atoms with Crippen LogP contribution in [0.25, 0.3) is 11.0 Å². The van der Waals surface area contributed by atoms with Gasteiger partial charge in [0.1, 0.15) is 0 Å². The van der Waals surface area contributed by atoms with Crippen molar-refractivity contribution in [2.24, 2.45) is 5.92 Å². The van der Waals surface area contributed by atoms with E-state index in [2.05, 4.69) is 38.5 Å². The third-order valence-corrected chi connectivity index (χ3v) is 6.81. The van der Waals surface area contributed by atoms with E-state index in [-0.39, 0.29) is 6.03 Å². The van der Waals surface area contributed by atoms with E-state index in [1.54, 1.807) is 19.0 Å². The summed E-state index contributed by atoms with van der Waals surface area (Å²) >= 11 is 0. The number of aryl methyl sites for hydroxylation is 1. The fourth-order valence-electron chi connectivity index (χ4n) is 4.74. The zero-order valence-corrected chi connectivity index (χ0v) is 18.6. The first-order valence-corrected chi connectivity index (χ1v) is 11.3. The minimum atomic E-state index is 0.0360. The maximum Gasteiger partial charge on any atom is 0.317 e. The molecule has 0 atom stereocenters. The Hall–Kier alpha value is -2.28. The number of nitrogens with zero attached hydrogens (tertiary/aromatic N) is 4. The number of rotatable bonds is 5. The molecule has 2 aliphatic rings. The van der Waals surface area contributed by atoms with E-state index >= 15 is 0 Å². The number of carbonyl (C=O) groups is 1. The molecule has 2 heterocycles. The molecule has 1 aromatic carbocycles. The highest BCUT2D eigenvalue weighted by atomic mass is 16.5. The smallest absolute Gasteiger partial charge is 0.317 e. The molecule has 1 aliphatic heterocycles. The second-order valence-corrected chi connectivity index (χ2v) is 9.13. The highest BCUT2D eigenvalue weighted by molar-refractivity contribution is 5.82. The van der Waals surface area contributed by atoms with Crippen molar-refractivity contribution < 1.29 is 9.32 Å². The predicted molar refractivity (Wildman–Crippen MR) is 120 cm³/mol. The van der Waals surface area contributed by atoms with E-state index in [1.165, 1.54) is 31.5 Å². The Balaban J connectivity index is 1.18. The van der Waals surface area contributed by atoms with Crippen molar-refractivity contribution in [3.63, 3.8) is 0 Å². The molecule has 0 radical (unpaired) electrons. The largest absolute Gasteiger partial charge is 0.369 e. The van der Waals surface area contributed by atoms with Crippen molar-refractivity contribution in [2.75, 3.05) is 51.7 Å². The minimum Gasteiger partial charge on any atom is -0.369 e. The summed E-state index contributed by atoms with van der Waals surface area (Å²) in [5.74, 6) is 0.799. The summed E-state index contributed by atoms with van der Waals surface area (Å²) in [6.45, 7) is 7.51. The molecule has 4 rings (SSSR count).